The molecule has 3 N–H and O–H groups in total. The van der Waals surface area contributed by atoms with Crippen molar-refractivity contribution in [3.8, 4) is 5.69 Å². The second-order valence-corrected chi connectivity index (χ2v) is 7.91. The average molecular weight is 432 g/mol. The average Bonchev–Trinajstić information content (AvgIpc) is 3.59. The molecule has 1 aliphatic carbocycles. The normalized spacial score (nSPS) is 13.9. The standard InChI is InChI=1S/C24H24N4O4/c1-15-7-8-17(23(31)26-18-9-10-18)13-20(15)28-12-11-25-22(24(28)32)27-19(14-21(29)30)16-5-3-2-4-6-16/h2-8,11-13,18-19H,9-10,14H2,1H3,(H,25,27)(H,26,31)(H,29,30)/t19-/m1/s1. The highest BCUT2D eigenvalue weighted by atomic mass is 16.4. The maximum absolute atomic E-state index is 13.2. The summed E-state index contributed by atoms with van der Waals surface area (Å²) in [7, 11) is 0. The van der Waals surface area contributed by atoms with Crippen molar-refractivity contribution >= 4 is 17.7 Å². The van der Waals surface area contributed by atoms with Gasteiger partial charge in [-0.15, -0.1) is 0 Å². The van der Waals surface area contributed by atoms with Crippen molar-refractivity contribution in [2.45, 2.75) is 38.3 Å². The number of carboxylic acids is 1. The molecule has 0 bridgehead atoms. The van der Waals surface area contributed by atoms with Crippen LogP contribution in [0, 0.1) is 6.92 Å². The molecule has 1 aromatic heterocycles. The van der Waals surface area contributed by atoms with Crippen LogP contribution in [-0.4, -0.2) is 32.6 Å². The van der Waals surface area contributed by atoms with E-state index >= 15 is 0 Å². The van der Waals surface area contributed by atoms with E-state index in [1.807, 2.05) is 25.1 Å². The van der Waals surface area contributed by atoms with Gasteiger partial charge in [-0.25, -0.2) is 4.98 Å². The van der Waals surface area contributed by atoms with Gasteiger partial charge in [0.2, 0.25) is 0 Å². The highest BCUT2D eigenvalue weighted by molar-refractivity contribution is 5.95. The number of rotatable bonds is 8. The number of anilines is 1. The van der Waals surface area contributed by atoms with Gasteiger partial charge in [-0.05, 0) is 43.0 Å². The third-order valence-electron chi connectivity index (χ3n) is 5.38. The van der Waals surface area contributed by atoms with Crippen molar-refractivity contribution in [2.24, 2.45) is 0 Å². The molecular weight excluding hydrogens is 408 g/mol. The van der Waals surface area contributed by atoms with Crippen LogP contribution in [0.4, 0.5) is 5.82 Å². The van der Waals surface area contributed by atoms with Gasteiger partial charge in [0.1, 0.15) is 0 Å². The molecule has 0 radical (unpaired) electrons. The maximum atomic E-state index is 13.2. The first-order chi connectivity index (χ1) is 15.4. The number of amides is 1. The molecule has 8 heteroatoms. The number of hydrogen-bond donors (Lipinski definition) is 3. The number of aryl methyl sites for hydroxylation is 1. The fraction of sp³-hybridized carbons (Fsp3) is 0.250. The predicted molar refractivity (Wildman–Crippen MR) is 120 cm³/mol. The van der Waals surface area contributed by atoms with Gasteiger partial charge in [-0.1, -0.05) is 36.4 Å². The lowest BCUT2D eigenvalue weighted by Crippen LogP contribution is -2.27. The van der Waals surface area contributed by atoms with E-state index in [2.05, 4.69) is 15.6 Å². The van der Waals surface area contributed by atoms with Crippen LogP contribution < -0.4 is 16.2 Å². The van der Waals surface area contributed by atoms with Crippen molar-refractivity contribution in [3.63, 3.8) is 0 Å². The van der Waals surface area contributed by atoms with Crippen LogP contribution in [0.3, 0.4) is 0 Å². The number of aliphatic carboxylic acids is 1. The third kappa shape index (κ3) is 4.85. The predicted octanol–water partition coefficient (Wildman–Crippen LogP) is 3.06. The van der Waals surface area contributed by atoms with Crippen LogP contribution in [0.1, 0.15) is 46.8 Å². The molecule has 0 unspecified atom stereocenters. The van der Waals surface area contributed by atoms with E-state index in [-0.39, 0.29) is 24.2 Å². The van der Waals surface area contributed by atoms with Gasteiger partial charge in [-0.2, -0.15) is 0 Å². The van der Waals surface area contributed by atoms with Crippen LogP contribution >= 0.6 is 0 Å². The van der Waals surface area contributed by atoms with E-state index in [0.29, 0.717) is 11.3 Å². The topological polar surface area (TPSA) is 113 Å². The Morgan fingerprint density at radius 3 is 2.62 bits per heavy atom. The molecule has 1 heterocycles. The van der Waals surface area contributed by atoms with E-state index < -0.39 is 17.6 Å². The molecule has 2 aromatic carbocycles. The number of aromatic nitrogens is 2. The van der Waals surface area contributed by atoms with E-state index in [9.17, 15) is 19.5 Å². The summed E-state index contributed by atoms with van der Waals surface area (Å²) in [4.78, 5) is 41.2. The van der Waals surface area contributed by atoms with E-state index in [4.69, 9.17) is 0 Å². The zero-order chi connectivity index (χ0) is 22.7. The van der Waals surface area contributed by atoms with Gasteiger partial charge in [0.05, 0.1) is 18.2 Å². The molecule has 32 heavy (non-hydrogen) atoms. The summed E-state index contributed by atoms with van der Waals surface area (Å²) in [6.07, 6.45) is 4.77. The highest BCUT2D eigenvalue weighted by Crippen LogP contribution is 2.22. The van der Waals surface area contributed by atoms with E-state index in [1.165, 1.54) is 17.0 Å². The second-order valence-electron chi connectivity index (χ2n) is 7.91. The Hall–Kier alpha value is -3.94. The summed E-state index contributed by atoms with van der Waals surface area (Å²) in [6.45, 7) is 1.86. The van der Waals surface area contributed by atoms with Crippen LogP contribution in [0.25, 0.3) is 5.69 Å². The Balaban J connectivity index is 1.67. The van der Waals surface area contributed by atoms with Gasteiger partial charge in [0, 0.05) is 24.0 Å². The minimum absolute atomic E-state index is 0.0369. The monoisotopic (exact) mass is 432 g/mol. The number of carboxylic acid groups (broad SMARTS) is 1. The highest BCUT2D eigenvalue weighted by Gasteiger charge is 2.24. The number of benzene rings is 2. The molecule has 164 valence electrons. The zero-order valence-corrected chi connectivity index (χ0v) is 17.6. The smallest absolute Gasteiger partial charge is 0.305 e. The van der Waals surface area contributed by atoms with E-state index in [1.54, 1.807) is 30.3 Å². The Morgan fingerprint density at radius 2 is 1.94 bits per heavy atom. The third-order valence-corrected chi connectivity index (χ3v) is 5.38. The Kier molecular flexibility index (Phi) is 6.02. The lowest BCUT2D eigenvalue weighted by molar-refractivity contribution is -0.137. The molecular formula is C24H24N4O4. The van der Waals surface area contributed by atoms with Crippen molar-refractivity contribution in [2.75, 3.05) is 5.32 Å². The molecule has 4 rings (SSSR count). The first-order valence-corrected chi connectivity index (χ1v) is 10.4. The van der Waals surface area contributed by atoms with Gasteiger partial charge in [0.25, 0.3) is 11.5 Å². The number of nitrogens with zero attached hydrogens (tertiary/aromatic N) is 2. The minimum atomic E-state index is -0.993. The summed E-state index contributed by atoms with van der Waals surface area (Å²) in [6, 6.07) is 13.9. The maximum Gasteiger partial charge on any atom is 0.305 e. The van der Waals surface area contributed by atoms with Crippen LogP contribution in [0.2, 0.25) is 0 Å². The lowest BCUT2D eigenvalue weighted by Gasteiger charge is -2.19. The summed E-state index contributed by atoms with van der Waals surface area (Å²) < 4.78 is 1.42. The molecule has 0 saturated heterocycles. The Labute approximate surface area is 184 Å². The largest absolute Gasteiger partial charge is 0.481 e. The van der Waals surface area contributed by atoms with Crippen molar-refractivity contribution in [1.82, 2.24) is 14.9 Å². The second kappa shape index (κ2) is 9.05. The Bertz CT molecular complexity index is 1200. The van der Waals surface area contributed by atoms with Gasteiger partial charge in [0.15, 0.2) is 5.82 Å². The molecule has 1 atom stereocenters. The minimum Gasteiger partial charge on any atom is -0.481 e. The molecule has 1 fully saturated rings. The van der Waals surface area contributed by atoms with Gasteiger partial charge in [-0.3, -0.25) is 19.0 Å². The quantitative estimate of drug-likeness (QED) is 0.504. The summed E-state index contributed by atoms with van der Waals surface area (Å²) >= 11 is 0. The van der Waals surface area contributed by atoms with Crippen molar-refractivity contribution in [3.05, 3.63) is 88.0 Å². The zero-order valence-electron chi connectivity index (χ0n) is 17.6. The van der Waals surface area contributed by atoms with Gasteiger partial charge < -0.3 is 15.7 Å². The molecule has 3 aromatic rings. The molecule has 1 aliphatic rings. The molecule has 1 amide bonds. The Morgan fingerprint density at radius 1 is 1.19 bits per heavy atom. The van der Waals surface area contributed by atoms with E-state index in [0.717, 1.165) is 24.0 Å². The first-order valence-electron chi connectivity index (χ1n) is 10.4. The lowest BCUT2D eigenvalue weighted by atomic mass is 10.0. The number of carbonyl (C=O) groups excluding carboxylic acids is 1. The number of nitrogens with one attached hydrogen (secondary N) is 2. The fourth-order valence-electron chi connectivity index (χ4n) is 3.48. The molecule has 8 nitrogen and oxygen atoms in total. The molecule has 1 saturated carbocycles. The fourth-order valence-corrected chi connectivity index (χ4v) is 3.48. The van der Waals surface area contributed by atoms with Crippen molar-refractivity contribution < 1.29 is 14.7 Å². The van der Waals surface area contributed by atoms with Crippen LogP contribution in [-0.2, 0) is 4.79 Å². The molecule has 0 spiro atoms. The summed E-state index contributed by atoms with van der Waals surface area (Å²) in [5, 5.41) is 15.3. The SMILES string of the molecule is Cc1ccc(C(=O)NC2CC2)cc1-n1ccnc(N[C@H](CC(=O)O)c2ccccc2)c1=O. The summed E-state index contributed by atoms with van der Waals surface area (Å²) in [5.74, 6) is -1.12. The first kappa shape index (κ1) is 21.3. The number of hydrogen-bond acceptors (Lipinski definition) is 5. The molecule has 0 aliphatic heterocycles. The van der Waals surface area contributed by atoms with Crippen molar-refractivity contribution in [1.29, 1.82) is 0 Å². The summed E-state index contributed by atoms with van der Waals surface area (Å²) in [5.41, 5.74) is 2.17. The van der Waals surface area contributed by atoms with Crippen LogP contribution in [0.15, 0.2) is 65.7 Å². The number of carbonyl (C=O) groups is 2. The van der Waals surface area contributed by atoms with Crippen LogP contribution in [0.5, 0.6) is 0 Å². The van der Waals surface area contributed by atoms with Gasteiger partial charge >= 0.3 is 5.97 Å².